The molecule has 0 radical (unpaired) electrons. The van der Waals surface area contributed by atoms with Crippen LogP contribution in [-0.4, -0.2) is 11.1 Å². The molecule has 0 atom stereocenters. The van der Waals surface area contributed by atoms with E-state index in [1.807, 2.05) is 0 Å². The molecule has 0 aliphatic heterocycles. The maximum absolute atomic E-state index is 12.2. The maximum atomic E-state index is 12.2. The van der Waals surface area contributed by atoms with Crippen LogP contribution in [0.4, 0.5) is 8.78 Å². The number of benzene rings is 1. The van der Waals surface area contributed by atoms with E-state index in [-0.39, 0.29) is 17.0 Å². The molecule has 0 spiro atoms. The molecule has 1 aromatic rings. The molecule has 0 heterocycles. The molecule has 1 aromatic carbocycles. The van der Waals surface area contributed by atoms with E-state index in [4.69, 9.17) is 16.7 Å². The fraction of sp³-hybridized carbons (Fsp3) is 0.222. The Balaban J connectivity index is 2.95. The number of rotatable bonds is 3. The number of halogens is 3. The fourth-order valence-electron chi connectivity index (χ4n) is 1.01. The number of alkyl halides is 2. The molecule has 76 valence electrons. The highest BCUT2D eigenvalue weighted by Crippen LogP contribution is 2.25. The zero-order valence-electron chi connectivity index (χ0n) is 7.01. The summed E-state index contributed by atoms with van der Waals surface area (Å²) in [6.07, 6.45) is -2.85. The van der Waals surface area contributed by atoms with Crippen LogP contribution >= 0.6 is 11.6 Å². The van der Waals surface area contributed by atoms with Crippen LogP contribution in [0.2, 0.25) is 5.02 Å². The Morgan fingerprint density at radius 3 is 2.57 bits per heavy atom. The lowest BCUT2D eigenvalue weighted by Crippen LogP contribution is -2.01. The lowest BCUT2D eigenvalue weighted by atomic mass is 10.1. The molecule has 0 saturated carbocycles. The van der Waals surface area contributed by atoms with Crippen LogP contribution in [0.3, 0.4) is 0 Å². The van der Waals surface area contributed by atoms with Crippen molar-refractivity contribution in [3.8, 4) is 0 Å². The van der Waals surface area contributed by atoms with Crippen molar-refractivity contribution in [1.82, 2.24) is 0 Å². The molecular weight excluding hydrogens is 214 g/mol. The third-order valence-electron chi connectivity index (χ3n) is 1.67. The van der Waals surface area contributed by atoms with Gasteiger partial charge in [0, 0.05) is 10.6 Å². The molecule has 1 rings (SSSR count). The van der Waals surface area contributed by atoms with Gasteiger partial charge >= 0.3 is 5.97 Å². The molecule has 0 saturated heterocycles. The second-order valence-electron chi connectivity index (χ2n) is 2.72. The van der Waals surface area contributed by atoms with E-state index in [1.165, 1.54) is 12.1 Å². The first-order valence-electron chi connectivity index (χ1n) is 3.79. The van der Waals surface area contributed by atoms with Crippen molar-refractivity contribution in [2.45, 2.75) is 12.8 Å². The second-order valence-corrected chi connectivity index (χ2v) is 3.13. The molecule has 0 aliphatic rings. The number of carboxylic acids is 1. The Hall–Kier alpha value is -1.16. The Morgan fingerprint density at radius 1 is 1.50 bits per heavy atom. The average Bonchev–Trinajstić information content (AvgIpc) is 2.07. The van der Waals surface area contributed by atoms with Crippen molar-refractivity contribution in [3.63, 3.8) is 0 Å². The van der Waals surface area contributed by atoms with Crippen molar-refractivity contribution in [2.75, 3.05) is 0 Å². The number of carbonyl (C=O) groups is 1. The van der Waals surface area contributed by atoms with Crippen LogP contribution in [-0.2, 0) is 11.2 Å². The van der Waals surface area contributed by atoms with Gasteiger partial charge in [0.1, 0.15) is 0 Å². The summed E-state index contributed by atoms with van der Waals surface area (Å²) in [5, 5.41) is 8.52. The van der Waals surface area contributed by atoms with Gasteiger partial charge in [-0.25, -0.2) is 8.78 Å². The zero-order chi connectivity index (χ0) is 10.7. The smallest absolute Gasteiger partial charge is 0.307 e. The molecule has 0 amide bonds. The van der Waals surface area contributed by atoms with Gasteiger partial charge in [-0.3, -0.25) is 4.79 Å². The van der Waals surface area contributed by atoms with Gasteiger partial charge in [0.25, 0.3) is 6.43 Å². The van der Waals surface area contributed by atoms with Crippen molar-refractivity contribution in [2.24, 2.45) is 0 Å². The monoisotopic (exact) mass is 220 g/mol. The minimum atomic E-state index is -2.59. The second kappa shape index (κ2) is 4.37. The highest BCUT2D eigenvalue weighted by Gasteiger charge is 2.11. The van der Waals surface area contributed by atoms with Gasteiger partial charge in [0.15, 0.2) is 0 Å². The van der Waals surface area contributed by atoms with Crippen LogP contribution in [0, 0.1) is 0 Å². The van der Waals surface area contributed by atoms with E-state index in [2.05, 4.69) is 0 Å². The maximum Gasteiger partial charge on any atom is 0.307 e. The van der Waals surface area contributed by atoms with Crippen LogP contribution < -0.4 is 0 Å². The summed E-state index contributed by atoms with van der Waals surface area (Å²) in [6, 6.07) is 3.57. The first-order chi connectivity index (χ1) is 6.50. The normalized spacial score (nSPS) is 10.6. The summed E-state index contributed by atoms with van der Waals surface area (Å²) in [5.41, 5.74) is 0.132. The lowest BCUT2D eigenvalue weighted by Gasteiger charge is -2.04. The van der Waals surface area contributed by atoms with Gasteiger partial charge in [-0.2, -0.15) is 0 Å². The first-order valence-corrected chi connectivity index (χ1v) is 4.16. The summed E-state index contributed by atoms with van der Waals surface area (Å²) in [7, 11) is 0. The van der Waals surface area contributed by atoms with Gasteiger partial charge in [0.2, 0.25) is 0 Å². The Morgan fingerprint density at radius 2 is 2.14 bits per heavy atom. The van der Waals surface area contributed by atoms with Gasteiger partial charge in [-0.05, 0) is 11.6 Å². The summed E-state index contributed by atoms with van der Waals surface area (Å²) < 4.78 is 24.3. The van der Waals surface area contributed by atoms with Crippen LogP contribution in [0.1, 0.15) is 17.6 Å². The fourth-order valence-corrected chi connectivity index (χ4v) is 1.26. The van der Waals surface area contributed by atoms with E-state index >= 15 is 0 Å². The standard InChI is InChI=1S/C9H7ClF2O2/c10-7-3-6(9(11)12)2-1-5(7)4-8(13)14/h1-3,9H,4H2,(H,13,14). The summed E-state index contributed by atoms with van der Waals surface area (Å²) in [5.74, 6) is -1.04. The first kappa shape index (κ1) is 10.9. The predicted molar refractivity (Wildman–Crippen MR) is 47.7 cm³/mol. The molecule has 0 aliphatic carbocycles. The molecule has 0 unspecified atom stereocenters. The molecular formula is C9H7ClF2O2. The topological polar surface area (TPSA) is 37.3 Å². The molecule has 0 bridgehead atoms. The minimum Gasteiger partial charge on any atom is -0.481 e. The van der Waals surface area contributed by atoms with Gasteiger partial charge in [0.05, 0.1) is 6.42 Å². The molecule has 5 heteroatoms. The van der Waals surface area contributed by atoms with Crippen LogP contribution in [0.15, 0.2) is 18.2 Å². The van der Waals surface area contributed by atoms with Crippen molar-refractivity contribution in [1.29, 1.82) is 0 Å². The van der Waals surface area contributed by atoms with Crippen LogP contribution in [0.5, 0.6) is 0 Å². The number of carboxylic acid groups (broad SMARTS) is 1. The van der Waals surface area contributed by atoms with E-state index in [1.54, 1.807) is 0 Å². The molecule has 0 fully saturated rings. The molecule has 0 aromatic heterocycles. The molecule has 1 N–H and O–H groups in total. The molecule has 2 nitrogen and oxygen atoms in total. The van der Waals surface area contributed by atoms with E-state index in [9.17, 15) is 13.6 Å². The van der Waals surface area contributed by atoms with Gasteiger partial charge in [-0.1, -0.05) is 23.7 Å². The highest BCUT2D eigenvalue weighted by atomic mass is 35.5. The Kier molecular flexibility index (Phi) is 3.41. The number of aliphatic carboxylic acids is 1. The van der Waals surface area contributed by atoms with Gasteiger partial charge in [-0.15, -0.1) is 0 Å². The van der Waals surface area contributed by atoms with Crippen molar-refractivity contribution in [3.05, 3.63) is 34.3 Å². The van der Waals surface area contributed by atoms with Gasteiger partial charge < -0.3 is 5.11 Å². The SMILES string of the molecule is O=C(O)Cc1ccc(C(F)F)cc1Cl. The van der Waals surface area contributed by atoms with E-state index in [0.717, 1.165) is 6.07 Å². The summed E-state index contributed by atoms with van der Waals surface area (Å²) in [4.78, 5) is 10.3. The van der Waals surface area contributed by atoms with Crippen molar-refractivity contribution < 1.29 is 18.7 Å². The number of hydrogen-bond donors (Lipinski definition) is 1. The summed E-state index contributed by atoms with van der Waals surface area (Å²) >= 11 is 5.62. The number of hydrogen-bond acceptors (Lipinski definition) is 1. The Labute approximate surface area is 84.1 Å². The Bertz CT molecular complexity index is 353. The zero-order valence-corrected chi connectivity index (χ0v) is 7.76. The lowest BCUT2D eigenvalue weighted by molar-refractivity contribution is -0.136. The van der Waals surface area contributed by atoms with Crippen molar-refractivity contribution >= 4 is 17.6 Å². The average molecular weight is 221 g/mol. The van der Waals surface area contributed by atoms with E-state index in [0.29, 0.717) is 5.56 Å². The minimum absolute atomic E-state index is 0.0604. The van der Waals surface area contributed by atoms with E-state index < -0.39 is 12.4 Å². The quantitative estimate of drug-likeness (QED) is 0.851. The molecule has 14 heavy (non-hydrogen) atoms. The third kappa shape index (κ3) is 2.67. The largest absolute Gasteiger partial charge is 0.481 e. The van der Waals surface area contributed by atoms with Crippen LogP contribution in [0.25, 0.3) is 0 Å². The predicted octanol–water partition coefficient (Wildman–Crippen LogP) is 2.90. The third-order valence-corrected chi connectivity index (χ3v) is 2.02. The highest BCUT2D eigenvalue weighted by molar-refractivity contribution is 6.31. The summed E-state index contributed by atoms with van der Waals surface area (Å²) in [6.45, 7) is 0.